The van der Waals surface area contributed by atoms with E-state index in [4.69, 9.17) is 5.73 Å². The Morgan fingerprint density at radius 2 is 2.27 bits per heavy atom. The average Bonchev–Trinajstić information content (AvgIpc) is 3.01. The molecule has 2 aliphatic heterocycles. The first-order valence-electron chi connectivity index (χ1n) is 7.48. The molecule has 3 heterocycles. The molecule has 22 heavy (non-hydrogen) atoms. The number of nitrogens with two attached hydrogens (primary N) is 1. The molecule has 3 rings (SSSR count). The van der Waals surface area contributed by atoms with Crippen LogP contribution in [0.5, 0.6) is 0 Å². The third-order valence-electron chi connectivity index (χ3n) is 4.21. The number of carbonyl (C=O) groups is 2. The van der Waals surface area contributed by atoms with E-state index in [0.717, 1.165) is 48.0 Å². The van der Waals surface area contributed by atoms with Gasteiger partial charge < -0.3 is 11.1 Å². The lowest BCUT2D eigenvalue weighted by Gasteiger charge is -2.31. The normalized spacial score (nSPS) is 21.6. The van der Waals surface area contributed by atoms with Crippen LogP contribution in [0.25, 0.3) is 0 Å². The zero-order chi connectivity index (χ0) is 15.7. The van der Waals surface area contributed by atoms with Crippen LogP contribution in [-0.2, 0) is 28.1 Å². The second-order valence-corrected chi connectivity index (χ2v) is 6.91. The van der Waals surface area contributed by atoms with E-state index < -0.39 is 0 Å². The number of carbonyl (C=O) groups excluding carboxylic acids is 2. The van der Waals surface area contributed by atoms with Crippen molar-refractivity contribution in [2.24, 2.45) is 18.7 Å². The SMILES string of the molecule is Cn1nc2c(c1NC(=O)C1CCCN(CC(N)=O)C1)CSC2. The molecule has 1 unspecified atom stereocenters. The lowest BCUT2D eigenvalue weighted by atomic mass is 9.97. The van der Waals surface area contributed by atoms with Crippen LogP contribution in [0.3, 0.4) is 0 Å². The number of hydrogen-bond donors (Lipinski definition) is 2. The van der Waals surface area contributed by atoms with Crippen molar-refractivity contribution in [2.45, 2.75) is 24.3 Å². The van der Waals surface area contributed by atoms with Crippen molar-refractivity contribution in [3.05, 3.63) is 11.3 Å². The molecule has 120 valence electrons. The highest BCUT2D eigenvalue weighted by molar-refractivity contribution is 7.98. The van der Waals surface area contributed by atoms with Gasteiger partial charge in [0.1, 0.15) is 5.82 Å². The highest BCUT2D eigenvalue weighted by Crippen LogP contribution is 2.34. The summed E-state index contributed by atoms with van der Waals surface area (Å²) in [5.41, 5.74) is 7.46. The van der Waals surface area contributed by atoms with E-state index in [1.165, 1.54) is 0 Å². The second-order valence-electron chi connectivity index (χ2n) is 5.92. The van der Waals surface area contributed by atoms with E-state index >= 15 is 0 Å². The average molecular weight is 323 g/mol. The maximum absolute atomic E-state index is 12.5. The molecule has 1 saturated heterocycles. The molecule has 1 aromatic heterocycles. The van der Waals surface area contributed by atoms with Gasteiger partial charge >= 0.3 is 0 Å². The third-order valence-corrected chi connectivity index (χ3v) is 5.18. The van der Waals surface area contributed by atoms with E-state index in [1.807, 2.05) is 23.7 Å². The zero-order valence-corrected chi connectivity index (χ0v) is 13.5. The van der Waals surface area contributed by atoms with Crippen molar-refractivity contribution in [1.29, 1.82) is 0 Å². The van der Waals surface area contributed by atoms with Gasteiger partial charge in [0.2, 0.25) is 11.8 Å². The van der Waals surface area contributed by atoms with Crippen LogP contribution in [0.1, 0.15) is 24.1 Å². The minimum Gasteiger partial charge on any atom is -0.369 e. The summed E-state index contributed by atoms with van der Waals surface area (Å²) in [6, 6.07) is 0. The molecule has 2 aliphatic rings. The Labute approximate surface area is 133 Å². The number of anilines is 1. The molecule has 3 N–H and O–H groups in total. The largest absolute Gasteiger partial charge is 0.369 e. The van der Waals surface area contributed by atoms with Gasteiger partial charge in [-0.3, -0.25) is 19.2 Å². The summed E-state index contributed by atoms with van der Waals surface area (Å²) < 4.78 is 1.76. The molecule has 0 saturated carbocycles. The van der Waals surface area contributed by atoms with Gasteiger partial charge in [0.25, 0.3) is 0 Å². The van der Waals surface area contributed by atoms with Crippen LogP contribution >= 0.6 is 11.8 Å². The molecule has 0 aromatic carbocycles. The van der Waals surface area contributed by atoms with Crippen molar-refractivity contribution in [1.82, 2.24) is 14.7 Å². The minimum atomic E-state index is -0.345. The van der Waals surface area contributed by atoms with Crippen LogP contribution < -0.4 is 11.1 Å². The lowest BCUT2D eigenvalue weighted by Crippen LogP contribution is -2.44. The Balaban J connectivity index is 1.66. The Bertz CT molecular complexity index is 600. The van der Waals surface area contributed by atoms with Gasteiger partial charge in [-0.15, -0.1) is 0 Å². The molecule has 1 aromatic rings. The highest BCUT2D eigenvalue weighted by atomic mass is 32.2. The number of amides is 2. The summed E-state index contributed by atoms with van der Waals surface area (Å²) in [4.78, 5) is 25.5. The van der Waals surface area contributed by atoms with Gasteiger partial charge in [0, 0.05) is 30.7 Å². The number of aryl methyl sites for hydroxylation is 1. The number of likely N-dealkylation sites (tertiary alicyclic amines) is 1. The monoisotopic (exact) mass is 323 g/mol. The molecule has 0 radical (unpaired) electrons. The Hall–Kier alpha value is -1.54. The molecule has 2 amide bonds. The summed E-state index contributed by atoms with van der Waals surface area (Å²) in [6.07, 6.45) is 1.75. The summed E-state index contributed by atoms with van der Waals surface area (Å²) in [5, 5.41) is 7.49. The van der Waals surface area contributed by atoms with E-state index in [0.29, 0.717) is 6.54 Å². The van der Waals surface area contributed by atoms with Gasteiger partial charge in [0.15, 0.2) is 0 Å². The molecule has 0 aliphatic carbocycles. The van der Waals surface area contributed by atoms with Crippen molar-refractivity contribution in [3.63, 3.8) is 0 Å². The number of nitrogens with one attached hydrogen (secondary N) is 1. The van der Waals surface area contributed by atoms with Crippen LogP contribution in [0, 0.1) is 5.92 Å². The fourth-order valence-electron chi connectivity index (χ4n) is 3.15. The Morgan fingerprint density at radius 3 is 3.05 bits per heavy atom. The van der Waals surface area contributed by atoms with Crippen molar-refractivity contribution < 1.29 is 9.59 Å². The van der Waals surface area contributed by atoms with Crippen molar-refractivity contribution in [3.8, 4) is 0 Å². The number of primary amides is 1. The maximum atomic E-state index is 12.5. The lowest BCUT2D eigenvalue weighted by molar-refractivity contribution is -0.124. The number of thioether (sulfide) groups is 1. The van der Waals surface area contributed by atoms with Gasteiger partial charge in [-0.1, -0.05) is 0 Å². The van der Waals surface area contributed by atoms with Crippen LogP contribution in [0.15, 0.2) is 0 Å². The first kappa shape index (κ1) is 15.4. The standard InChI is InChI=1S/C14H21N5O2S/c1-18-13(10-7-22-8-11(10)17-18)16-14(21)9-3-2-4-19(5-9)6-12(15)20/h9H,2-8H2,1H3,(H2,15,20)(H,16,21). The van der Waals surface area contributed by atoms with E-state index in [1.54, 1.807) is 4.68 Å². The van der Waals surface area contributed by atoms with Crippen LogP contribution in [0.4, 0.5) is 5.82 Å². The first-order chi connectivity index (χ1) is 10.5. The van der Waals surface area contributed by atoms with Gasteiger partial charge in [-0.2, -0.15) is 16.9 Å². The number of fused-ring (bicyclic) bond motifs is 1. The Kier molecular flexibility index (Phi) is 4.39. The molecule has 7 nitrogen and oxygen atoms in total. The number of aromatic nitrogens is 2. The highest BCUT2D eigenvalue weighted by Gasteiger charge is 2.29. The summed E-state index contributed by atoms with van der Waals surface area (Å²) in [5.74, 6) is 2.19. The van der Waals surface area contributed by atoms with Gasteiger partial charge in [-0.05, 0) is 19.4 Å². The molecule has 1 atom stereocenters. The van der Waals surface area contributed by atoms with Crippen LogP contribution in [-0.4, -0.2) is 46.1 Å². The molecule has 0 spiro atoms. The van der Waals surface area contributed by atoms with E-state index in [9.17, 15) is 9.59 Å². The molecule has 0 bridgehead atoms. The predicted molar refractivity (Wildman–Crippen MR) is 85.2 cm³/mol. The Morgan fingerprint density at radius 1 is 1.45 bits per heavy atom. The number of rotatable bonds is 4. The summed E-state index contributed by atoms with van der Waals surface area (Å²) in [6.45, 7) is 1.63. The summed E-state index contributed by atoms with van der Waals surface area (Å²) >= 11 is 1.82. The molecule has 1 fully saturated rings. The molecular formula is C14H21N5O2S. The fourth-order valence-corrected chi connectivity index (χ4v) is 4.18. The van der Waals surface area contributed by atoms with Gasteiger partial charge in [-0.25, -0.2) is 0 Å². The maximum Gasteiger partial charge on any atom is 0.231 e. The fraction of sp³-hybridized carbons (Fsp3) is 0.643. The minimum absolute atomic E-state index is 0.0110. The van der Waals surface area contributed by atoms with Crippen LogP contribution in [0.2, 0.25) is 0 Å². The topological polar surface area (TPSA) is 93.2 Å². The zero-order valence-electron chi connectivity index (χ0n) is 12.7. The predicted octanol–water partition coefficient (Wildman–Crippen LogP) is 0.303. The van der Waals surface area contributed by atoms with Gasteiger partial charge in [0.05, 0.1) is 18.2 Å². The smallest absolute Gasteiger partial charge is 0.231 e. The van der Waals surface area contributed by atoms with E-state index in [2.05, 4.69) is 10.4 Å². The molecule has 8 heteroatoms. The number of hydrogen-bond acceptors (Lipinski definition) is 5. The third kappa shape index (κ3) is 3.12. The number of nitrogens with zero attached hydrogens (tertiary/aromatic N) is 3. The quantitative estimate of drug-likeness (QED) is 0.831. The second kappa shape index (κ2) is 6.29. The first-order valence-corrected chi connectivity index (χ1v) is 8.64. The van der Waals surface area contributed by atoms with Crippen molar-refractivity contribution >= 4 is 29.4 Å². The summed E-state index contributed by atoms with van der Waals surface area (Å²) in [7, 11) is 1.86. The molecular weight excluding hydrogens is 302 g/mol. The van der Waals surface area contributed by atoms with Crippen molar-refractivity contribution in [2.75, 3.05) is 25.0 Å². The van der Waals surface area contributed by atoms with E-state index in [-0.39, 0.29) is 24.3 Å². The number of piperidine rings is 1.